The zero-order valence-electron chi connectivity index (χ0n) is 12.2. The number of pyridine rings is 2. The monoisotopic (exact) mass is 319 g/mol. The summed E-state index contributed by atoms with van der Waals surface area (Å²) < 4.78 is 27.1. The molecule has 5 nitrogen and oxygen atoms in total. The van der Waals surface area contributed by atoms with E-state index >= 15 is 0 Å². The Morgan fingerprint density at radius 3 is 2.83 bits per heavy atom. The number of hydrogen-bond acceptors (Lipinski definition) is 3. The molecule has 2 aromatic heterocycles. The number of amides is 1. The van der Waals surface area contributed by atoms with Gasteiger partial charge in [-0.2, -0.15) is 0 Å². The number of rotatable bonds is 2. The molecule has 0 aromatic carbocycles. The fourth-order valence-corrected chi connectivity index (χ4v) is 3.89. The number of halogens is 2. The third kappa shape index (κ3) is 2.06. The third-order valence-corrected chi connectivity index (χ3v) is 5.17. The normalized spacial score (nSPS) is 28.3. The number of primary amides is 1. The quantitative estimate of drug-likeness (QED) is 0.889. The minimum Gasteiger partial charge on any atom is -0.364 e. The van der Waals surface area contributed by atoms with Crippen molar-refractivity contribution in [3.05, 3.63) is 39.9 Å². The highest BCUT2D eigenvalue weighted by Crippen LogP contribution is 2.64. The average Bonchev–Trinajstić information content (AvgIpc) is 3.07. The van der Waals surface area contributed by atoms with Crippen molar-refractivity contribution in [2.24, 2.45) is 17.6 Å². The Morgan fingerprint density at radius 1 is 1.35 bits per heavy atom. The van der Waals surface area contributed by atoms with Crippen molar-refractivity contribution in [1.29, 1.82) is 0 Å². The molecule has 0 aliphatic heterocycles. The van der Waals surface area contributed by atoms with Crippen LogP contribution < -0.4 is 11.2 Å². The van der Waals surface area contributed by atoms with Crippen LogP contribution in [0.1, 0.15) is 41.4 Å². The van der Waals surface area contributed by atoms with Crippen molar-refractivity contribution < 1.29 is 13.6 Å². The molecule has 0 unspecified atom stereocenters. The molecule has 23 heavy (non-hydrogen) atoms. The summed E-state index contributed by atoms with van der Waals surface area (Å²) in [5, 5.41) is 0.147. The van der Waals surface area contributed by atoms with Crippen molar-refractivity contribution in [3.63, 3.8) is 0 Å². The van der Waals surface area contributed by atoms with Crippen LogP contribution in [-0.2, 0) is 0 Å². The summed E-state index contributed by atoms with van der Waals surface area (Å²) in [6.07, 6.45) is 2.89. The molecular weight excluding hydrogens is 304 g/mol. The summed E-state index contributed by atoms with van der Waals surface area (Å²) in [7, 11) is 0. The lowest BCUT2D eigenvalue weighted by atomic mass is 9.86. The van der Waals surface area contributed by atoms with Crippen molar-refractivity contribution in [3.8, 4) is 0 Å². The SMILES string of the molecule is NC(=O)c1nccc2[nH]c([C@H]3CC[C@@H]4[C@H](C3)C4(F)F)cc(=O)c12. The first-order valence-electron chi connectivity index (χ1n) is 7.59. The minimum atomic E-state index is -2.55. The molecule has 2 heterocycles. The fraction of sp³-hybridized carbons (Fsp3) is 0.438. The average molecular weight is 319 g/mol. The summed E-state index contributed by atoms with van der Waals surface area (Å²) in [5.41, 5.74) is 5.91. The largest absolute Gasteiger partial charge is 0.364 e. The Balaban J connectivity index is 1.75. The van der Waals surface area contributed by atoms with Crippen LogP contribution in [0.5, 0.6) is 0 Å². The van der Waals surface area contributed by atoms with E-state index in [1.165, 1.54) is 12.3 Å². The molecule has 1 amide bonds. The van der Waals surface area contributed by atoms with Crippen LogP contribution in [0, 0.1) is 11.8 Å². The molecule has 3 atom stereocenters. The first kappa shape index (κ1) is 14.3. The standard InChI is InChI=1S/C16H15F2N3O2/c17-16(18)8-2-1-7(5-9(8)16)11-6-12(22)13-10(21-11)3-4-20-14(13)15(19)23/h3-4,6-9H,1-2,5H2,(H2,19,23)(H,21,22)/t7-,8+,9-/m0/s1. The molecule has 2 aliphatic carbocycles. The van der Waals surface area contributed by atoms with E-state index in [1.54, 1.807) is 6.07 Å². The van der Waals surface area contributed by atoms with Gasteiger partial charge >= 0.3 is 0 Å². The number of H-pyrrole nitrogens is 1. The molecular formula is C16H15F2N3O2. The first-order valence-corrected chi connectivity index (χ1v) is 7.59. The van der Waals surface area contributed by atoms with Crippen LogP contribution in [0.4, 0.5) is 8.78 Å². The number of nitrogens with zero attached hydrogens (tertiary/aromatic N) is 1. The Morgan fingerprint density at radius 2 is 2.13 bits per heavy atom. The second kappa shape index (κ2) is 4.59. The predicted octanol–water partition coefficient (Wildman–Crippen LogP) is 2.17. The van der Waals surface area contributed by atoms with Crippen molar-refractivity contribution in [2.45, 2.75) is 31.1 Å². The number of aromatic nitrogens is 2. The maximum absolute atomic E-state index is 13.5. The lowest BCUT2D eigenvalue weighted by molar-refractivity contribution is 0.0847. The van der Waals surface area contributed by atoms with Gasteiger partial charge in [-0.3, -0.25) is 14.6 Å². The summed E-state index contributed by atoms with van der Waals surface area (Å²) in [6.45, 7) is 0. The minimum absolute atomic E-state index is 0.0762. The molecule has 2 fully saturated rings. The van der Waals surface area contributed by atoms with E-state index in [2.05, 4.69) is 9.97 Å². The number of hydrogen-bond donors (Lipinski definition) is 2. The Bertz CT molecular complexity index is 877. The second-order valence-electron chi connectivity index (χ2n) is 6.43. The van der Waals surface area contributed by atoms with E-state index in [0.29, 0.717) is 30.5 Å². The zero-order valence-corrected chi connectivity index (χ0v) is 12.2. The van der Waals surface area contributed by atoms with E-state index in [1.807, 2.05) is 0 Å². The van der Waals surface area contributed by atoms with Crippen molar-refractivity contribution >= 4 is 16.8 Å². The number of fused-ring (bicyclic) bond motifs is 2. The number of aromatic amines is 1. The van der Waals surface area contributed by atoms with E-state index in [0.717, 1.165) is 0 Å². The van der Waals surface area contributed by atoms with E-state index < -0.39 is 23.7 Å². The predicted molar refractivity (Wildman–Crippen MR) is 79.4 cm³/mol. The maximum atomic E-state index is 13.5. The molecule has 3 N–H and O–H groups in total. The molecule has 7 heteroatoms. The van der Waals surface area contributed by atoms with Crippen molar-refractivity contribution in [1.82, 2.24) is 9.97 Å². The third-order valence-electron chi connectivity index (χ3n) is 5.17. The molecule has 0 radical (unpaired) electrons. The van der Waals surface area contributed by atoms with Gasteiger partial charge in [0.05, 0.1) is 10.9 Å². The van der Waals surface area contributed by atoms with Crippen LogP contribution in [0.3, 0.4) is 0 Å². The number of nitrogens with one attached hydrogen (secondary N) is 1. The molecule has 0 spiro atoms. The van der Waals surface area contributed by atoms with Crippen molar-refractivity contribution in [2.75, 3.05) is 0 Å². The van der Waals surface area contributed by atoms with Gasteiger partial charge in [0.25, 0.3) is 11.8 Å². The highest BCUT2D eigenvalue weighted by Gasteiger charge is 2.68. The maximum Gasteiger partial charge on any atom is 0.268 e. The number of nitrogens with two attached hydrogens (primary N) is 1. The molecule has 2 saturated carbocycles. The Hall–Kier alpha value is -2.31. The lowest BCUT2D eigenvalue weighted by Crippen LogP contribution is -2.19. The summed E-state index contributed by atoms with van der Waals surface area (Å²) in [5.74, 6) is -4.47. The van der Waals surface area contributed by atoms with Gasteiger partial charge in [0, 0.05) is 29.8 Å². The molecule has 2 aliphatic rings. The summed E-state index contributed by atoms with van der Waals surface area (Å²) in [4.78, 5) is 30.7. The van der Waals surface area contributed by atoms with Gasteiger partial charge in [-0.15, -0.1) is 0 Å². The first-order chi connectivity index (χ1) is 10.9. The fourth-order valence-electron chi connectivity index (χ4n) is 3.89. The number of carbonyl (C=O) groups excluding carboxylic acids is 1. The summed E-state index contributed by atoms with van der Waals surface area (Å²) in [6, 6.07) is 2.98. The van der Waals surface area contributed by atoms with Crippen LogP contribution >= 0.6 is 0 Å². The lowest BCUT2D eigenvalue weighted by Gasteiger charge is -2.20. The van der Waals surface area contributed by atoms with Gasteiger partial charge < -0.3 is 10.7 Å². The number of alkyl halides is 2. The van der Waals surface area contributed by atoms with E-state index in [9.17, 15) is 18.4 Å². The molecule has 0 saturated heterocycles. The molecule has 4 rings (SSSR count). The molecule has 0 bridgehead atoms. The molecule has 2 aromatic rings. The van der Waals surface area contributed by atoms with Gasteiger partial charge in [-0.1, -0.05) is 0 Å². The zero-order chi connectivity index (χ0) is 16.4. The smallest absolute Gasteiger partial charge is 0.268 e. The van der Waals surface area contributed by atoms with Crippen LogP contribution in [0.25, 0.3) is 10.9 Å². The van der Waals surface area contributed by atoms with Crippen LogP contribution in [0.15, 0.2) is 23.1 Å². The van der Waals surface area contributed by atoms with Gasteiger partial charge in [0.1, 0.15) is 5.69 Å². The van der Waals surface area contributed by atoms with Crippen LogP contribution in [-0.4, -0.2) is 21.8 Å². The summed E-state index contributed by atoms with van der Waals surface area (Å²) >= 11 is 0. The van der Waals surface area contributed by atoms with Crippen LogP contribution in [0.2, 0.25) is 0 Å². The Kier molecular flexibility index (Phi) is 2.86. The topological polar surface area (TPSA) is 88.8 Å². The van der Waals surface area contributed by atoms with E-state index in [4.69, 9.17) is 5.73 Å². The van der Waals surface area contributed by atoms with Gasteiger partial charge in [-0.05, 0) is 31.2 Å². The molecule has 120 valence electrons. The Labute approximate surface area is 129 Å². The van der Waals surface area contributed by atoms with Gasteiger partial charge in [0.15, 0.2) is 5.43 Å². The second-order valence-corrected chi connectivity index (χ2v) is 6.43. The number of carbonyl (C=O) groups is 1. The van der Waals surface area contributed by atoms with Gasteiger partial charge in [-0.25, -0.2) is 8.78 Å². The highest BCUT2D eigenvalue weighted by atomic mass is 19.3. The van der Waals surface area contributed by atoms with Gasteiger partial charge in [0.2, 0.25) is 0 Å². The van der Waals surface area contributed by atoms with E-state index in [-0.39, 0.29) is 22.4 Å². The highest BCUT2D eigenvalue weighted by molar-refractivity contribution is 6.03.